The predicted octanol–water partition coefficient (Wildman–Crippen LogP) is 3.89. The highest BCUT2D eigenvalue weighted by molar-refractivity contribution is 6.31. The minimum atomic E-state index is -0.994. The van der Waals surface area contributed by atoms with E-state index < -0.39 is 6.09 Å². The Hall–Kier alpha value is -1.53. The van der Waals surface area contributed by atoms with Gasteiger partial charge in [0.1, 0.15) is 11.6 Å². The lowest BCUT2D eigenvalue weighted by Crippen LogP contribution is -2.36. The number of nitrogens with zero attached hydrogens (tertiary/aromatic N) is 1. The number of carboxylic acid groups (broad SMARTS) is 1. The van der Waals surface area contributed by atoms with Crippen LogP contribution in [0.2, 0.25) is 5.02 Å². The third-order valence-electron chi connectivity index (χ3n) is 5.02. The zero-order valence-corrected chi connectivity index (χ0v) is 14.9. The molecule has 1 heterocycles. The molecule has 25 heavy (non-hydrogen) atoms. The second-order valence-electron chi connectivity index (χ2n) is 6.95. The molecule has 1 aliphatic carbocycles. The molecule has 1 aromatic rings. The summed E-state index contributed by atoms with van der Waals surface area (Å²) in [6, 6.07) is 3.13. The minimum absolute atomic E-state index is 0.0507. The highest BCUT2D eigenvalue weighted by Crippen LogP contribution is 2.35. The van der Waals surface area contributed by atoms with Crippen LogP contribution < -0.4 is 10.1 Å². The number of hydrogen-bond acceptors (Lipinski definition) is 3. The Kier molecular flexibility index (Phi) is 6.02. The second-order valence-corrected chi connectivity index (χ2v) is 7.35. The largest absolute Gasteiger partial charge is 0.490 e. The lowest BCUT2D eigenvalue weighted by molar-refractivity contribution is 0.0605. The van der Waals surface area contributed by atoms with E-state index in [-0.39, 0.29) is 11.9 Å². The molecule has 1 aliphatic heterocycles. The zero-order valence-electron chi connectivity index (χ0n) is 14.1. The van der Waals surface area contributed by atoms with E-state index in [4.69, 9.17) is 21.4 Å². The molecule has 2 N–H and O–H groups in total. The Morgan fingerprint density at radius 3 is 2.72 bits per heavy atom. The average molecular weight is 371 g/mol. The third kappa shape index (κ3) is 4.98. The summed E-state index contributed by atoms with van der Waals surface area (Å²) in [5, 5.41) is 11.3. The van der Waals surface area contributed by atoms with Gasteiger partial charge < -0.3 is 15.2 Å². The van der Waals surface area contributed by atoms with Gasteiger partial charge in [0.05, 0.1) is 11.1 Å². The van der Waals surface area contributed by atoms with Crippen molar-refractivity contribution in [2.75, 3.05) is 19.6 Å². The van der Waals surface area contributed by atoms with Crippen LogP contribution in [0.5, 0.6) is 5.75 Å². The molecule has 2 aliphatic rings. The number of amides is 1. The molecule has 2 fully saturated rings. The monoisotopic (exact) mass is 370 g/mol. The first-order valence-corrected chi connectivity index (χ1v) is 9.23. The Labute approximate surface area is 152 Å². The molecule has 0 bridgehead atoms. The van der Waals surface area contributed by atoms with Crippen molar-refractivity contribution >= 4 is 17.7 Å². The first kappa shape index (κ1) is 18.3. The summed E-state index contributed by atoms with van der Waals surface area (Å²) >= 11 is 6.27. The number of benzene rings is 1. The van der Waals surface area contributed by atoms with Crippen LogP contribution in [0.1, 0.15) is 37.7 Å². The Balaban J connectivity index is 1.48. The molecular weight excluding hydrogens is 347 g/mol. The van der Waals surface area contributed by atoms with Gasteiger partial charge in [-0.3, -0.25) is 4.90 Å². The van der Waals surface area contributed by atoms with Crippen molar-refractivity contribution in [1.29, 1.82) is 0 Å². The minimum Gasteiger partial charge on any atom is -0.490 e. The van der Waals surface area contributed by atoms with Crippen LogP contribution >= 0.6 is 11.6 Å². The van der Waals surface area contributed by atoms with Crippen molar-refractivity contribution in [2.24, 2.45) is 5.92 Å². The smallest absolute Gasteiger partial charge is 0.404 e. The number of ether oxygens (including phenoxy) is 1. The molecule has 0 spiro atoms. The number of nitrogens with one attached hydrogen (secondary N) is 1. The highest BCUT2D eigenvalue weighted by Gasteiger charge is 2.31. The summed E-state index contributed by atoms with van der Waals surface area (Å²) in [6.07, 6.45) is 3.89. The summed E-state index contributed by atoms with van der Waals surface area (Å²) in [5.74, 6) is 0.613. The fourth-order valence-corrected chi connectivity index (χ4v) is 3.80. The molecule has 1 aromatic carbocycles. The fraction of sp³-hybridized carbons (Fsp3) is 0.611. The average Bonchev–Trinajstić information content (AvgIpc) is 3.01. The van der Waals surface area contributed by atoms with Crippen LogP contribution in [0.25, 0.3) is 0 Å². The molecule has 5 nitrogen and oxygen atoms in total. The molecule has 0 atom stereocenters. The SMILES string of the molecule is O=C(O)NCCC1CC(Oc2cc(F)c(CN3CCCC3)c(Cl)c2)C1. The molecule has 1 saturated heterocycles. The Bertz CT molecular complexity index is 593. The van der Waals surface area contributed by atoms with Crippen LogP contribution in [0.15, 0.2) is 12.1 Å². The first-order chi connectivity index (χ1) is 12.0. The zero-order chi connectivity index (χ0) is 17.8. The van der Waals surface area contributed by atoms with Crippen molar-refractivity contribution in [1.82, 2.24) is 10.2 Å². The van der Waals surface area contributed by atoms with Crippen LogP contribution in [0.3, 0.4) is 0 Å². The standard InChI is InChI=1S/C18H24ClFN2O3/c19-16-9-14(10-17(20)15(16)11-22-5-1-2-6-22)25-13-7-12(8-13)3-4-21-18(23)24/h9-10,12-13,21H,1-8,11H2,(H,23,24). The molecule has 0 aromatic heterocycles. The van der Waals surface area contributed by atoms with Gasteiger partial charge in [-0.15, -0.1) is 0 Å². The quantitative estimate of drug-likeness (QED) is 0.764. The van der Waals surface area contributed by atoms with Crippen LogP contribution in [0.4, 0.5) is 9.18 Å². The van der Waals surface area contributed by atoms with Gasteiger partial charge in [-0.25, -0.2) is 9.18 Å². The van der Waals surface area contributed by atoms with E-state index in [0.717, 1.165) is 45.2 Å². The van der Waals surface area contributed by atoms with Crippen LogP contribution in [-0.4, -0.2) is 41.8 Å². The molecular formula is C18H24ClFN2O3. The van der Waals surface area contributed by atoms with Gasteiger partial charge in [-0.1, -0.05) is 11.6 Å². The topological polar surface area (TPSA) is 61.8 Å². The summed E-state index contributed by atoms with van der Waals surface area (Å²) in [7, 11) is 0. The van der Waals surface area contributed by atoms with Gasteiger partial charge in [-0.05, 0) is 57.2 Å². The van der Waals surface area contributed by atoms with Gasteiger partial charge in [0.15, 0.2) is 0 Å². The molecule has 7 heteroatoms. The summed E-state index contributed by atoms with van der Waals surface area (Å²) in [6.45, 7) is 2.99. The maximum atomic E-state index is 14.4. The lowest BCUT2D eigenvalue weighted by Gasteiger charge is -2.35. The number of halogens is 2. The van der Waals surface area contributed by atoms with Crippen LogP contribution in [0, 0.1) is 11.7 Å². The van der Waals surface area contributed by atoms with Crippen molar-refractivity contribution in [3.63, 3.8) is 0 Å². The van der Waals surface area contributed by atoms with Gasteiger partial charge >= 0.3 is 6.09 Å². The van der Waals surface area contributed by atoms with Gasteiger partial charge in [0, 0.05) is 24.7 Å². The second kappa shape index (κ2) is 8.23. The lowest BCUT2D eigenvalue weighted by atomic mass is 9.80. The molecule has 0 unspecified atom stereocenters. The normalized spacial score (nSPS) is 23.3. The molecule has 138 valence electrons. The third-order valence-corrected chi connectivity index (χ3v) is 5.36. The number of hydrogen-bond donors (Lipinski definition) is 2. The first-order valence-electron chi connectivity index (χ1n) is 8.85. The fourth-order valence-electron chi connectivity index (χ4n) is 3.55. The van der Waals surface area contributed by atoms with Gasteiger partial charge in [0.2, 0.25) is 0 Å². The van der Waals surface area contributed by atoms with E-state index >= 15 is 0 Å². The van der Waals surface area contributed by atoms with E-state index in [0.29, 0.717) is 35.3 Å². The molecule has 3 rings (SSSR count). The maximum Gasteiger partial charge on any atom is 0.404 e. The summed E-state index contributed by atoms with van der Waals surface area (Å²) in [4.78, 5) is 12.6. The number of rotatable bonds is 7. The Morgan fingerprint density at radius 1 is 1.36 bits per heavy atom. The molecule has 0 radical (unpaired) electrons. The van der Waals surface area contributed by atoms with Crippen LogP contribution in [-0.2, 0) is 6.54 Å². The highest BCUT2D eigenvalue weighted by atomic mass is 35.5. The van der Waals surface area contributed by atoms with Gasteiger partial charge in [0.25, 0.3) is 0 Å². The van der Waals surface area contributed by atoms with E-state index in [2.05, 4.69) is 10.2 Å². The van der Waals surface area contributed by atoms with Gasteiger partial charge in [-0.2, -0.15) is 0 Å². The van der Waals surface area contributed by atoms with E-state index in [1.807, 2.05) is 0 Å². The van der Waals surface area contributed by atoms with E-state index in [9.17, 15) is 9.18 Å². The number of likely N-dealkylation sites (tertiary alicyclic amines) is 1. The summed E-state index contributed by atoms with van der Waals surface area (Å²) < 4.78 is 20.2. The van der Waals surface area contributed by atoms with Crippen molar-refractivity contribution < 1.29 is 19.0 Å². The maximum absolute atomic E-state index is 14.4. The number of carbonyl (C=O) groups is 1. The molecule has 1 saturated carbocycles. The van der Waals surface area contributed by atoms with E-state index in [1.165, 1.54) is 6.07 Å². The Morgan fingerprint density at radius 2 is 2.08 bits per heavy atom. The van der Waals surface area contributed by atoms with Crippen molar-refractivity contribution in [3.05, 3.63) is 28.5 Å². The summed E-state index contributed by atoms with van der Waals surface area (Å²) in [5.41, 5.74) is 0.544. The van der Waals surface area contributed by atoms with Crippen molar-refractivity contribution in [3.8, 4) is 5.75 Å². The predicted molar refractivity (Wildman–Crippen MR) is 93.7 cm³/mol. The molecule has 1 amide bonds. The van der Waals surface area contributed by atoms with E-state index in [1.54, 1.807) is 6.07 Å². The van der Waals surface area contributed by atoms with Crippen molar-refractivity contribution in [2.45, 2.75) is 44.8 Å².